The van der Waals surface area contributed by atoms with Gasteiger partial charge in [0.1, 0.15) is 11.6 Å². The van der Waals surface area contributed by atoms with Gasteiger partial charge in [0.15, 0.2) is 11.5 Å². The summed E-state index contributed by atoms with van der Waals surface area (Å²) in [6, 6.07) is 16.2. The van der Waals surface area contributed by atoms with E-state index in [0.717, 1.165) is 31.5 Å². The lowest BCUT2D eigenvalue weighted by Gasteiger charge is -2.23. The van der Waals surface area contributed by atoms with Gasteiger partial charge in [0.2, 0.25) is 21.9 Å². The Labute approximate surface area is 258 Å². The monoisotopic (exact) mass is 628 g/mol. The minimum atomic E-state index is -3.97. The van der Waals surface area contributed by atoms with Gasteiger partial charge in [0, 0.05) is 36.4 Å². The second-order valence-corrected chi connectivity index (χ2v) is 12.5. The lowest BCUT2D eigenvalue weighted by Crippen LogP contribution is -2.38. The van der Waals surface area contributed by atoms with Gasteiger partial charge in [-0.25, -0.2) is 32.9 Å². The first kappa shape index (κ1) is 28.9. The van der Waals surface area contributed by atoms with Crippen molar-refractivity contribution in [3.05, 3.63) is 90.0 Å². The highest BCUT2D eigenvalue weighted by Crippen LogP contribution is 2.45. The van der Waals surface area contributed by atoms with Crippen molar-refractivity contribution in [2.24, 2.45) is 5.14 Å². The van der Waals surface area contributed by atoms with Gasteiger partial charge in [0.25, 0.3) is 6.29 Å². The van der Waals surface area contributed by atoms with Crippen molar-refractivity contribution in [1.82, 2.24) is 20.3 Å². The van der Waals surface area contributed by atoms with Crippen molar-refractivity contribution in [2.45, 2.75) is 37.0 Å². The maximum absolute atomic E-state index is 15.5. The number of ether oxygens (including phenoxy) is 3. The molecule has 4 N–H and O–H groups in total. The zero-order valence-electron chi connectivity index (χ0n) is 24.2. The zero-order chi connectivity index (χ0) is 31.1. The van der Waals surface area contributed by atoms with E-state index in [9.17, 15) is 8.42 Å². The number of fused-ring (bicyclic) bond motifs is 2. The Hall–Kier alpha value is -4.85. The summed E-state index contributed by atoms with van der Waals surface area (Å²) in [5.74, 6) is 1.16. The Kier molecular flexibility index (Phi) is 7.43. The number of benzene rings is 3. The molecular weight excluding hydrogens is 599 g/mol. The molecule has 0 saturated carbocycles. The number of aromatic nitrogens is 3. The van der Waals surface area contributed by atoms with Crippen LogP contribution < -0.4 is 30.0 Å². The summed E-state index contributed by atoms with van der Waals surface area (Å²) in [6.07, 6.45) is 4.27. The summed E-state index contributed by atoms with van der Waals surface area (Å²) in [4.78, 5) is 13.5. The number of rotatable bonds is 7. The minimum absolute atomic E-state index is 0.135. The van der Waals surface area contributed by atoms with Crippen molar-refractivity contribution in [3.63, 3.8) is 0 Å². The lowest BCUT2D eigenvalue weighted by atomic mass is 10.00. The third-order valence-electron chi connectivity index (χ3n) is 7.82. The van der Waals surface area contributed by atoms with Crippen LogP contribution in [-0.4, -0.2) is 42.5 Å². The Bertz CT molecular complexity index is 2040. The summed E-state index contributed by atoms with van der Waals surface area (Å²) in [5, 5.41) is 13.2. The van der Waals surface area contributed by atoms with Gasteiger partial charge in [-0.1, -0.05) is 12.1 Å². The van der Waals surface area contributed by atoms with E-state index in [4.69, 9.17) is 24.3 Å². The van der Waals surface area contributed by atoms with Crippen molar-refractivity contribution < 1.29 is 27.0 Å². The molecule has 0 aliphatic carbocycles. The van der Waals surface area contributed by atoms with E-state index < -0.39 is 22.1 Å². The number of pyridine rings is 1. The van der Waals surface area contributed by atoms with E-state index in [1.54, 1.807) is 36.7 Å². The molecule has 2 aliphatic rings. The van der Waals surface area contributed by atoms with Crippen molar-refractivity contribution >= 4 is 26.7 Å². The highest BCUT2D eigenvalue weighted by molar-refractivity contribution is 7.89. The van der Waals surface area contributed by atoms with Crippen LogP contribution in [0.1, 0.15) is 30.3 Å². The zero-order valence-corrected chi connectivity index (χ0v) is 25.0. The second kappa shape index (κ2) is 11.6. The van der Waals surface area contributed by atoms with E-state index in [0.29, 0.717) is 39.6 Å². The molecule has 4 heterocycles. The van der Waals surface area contributed by atoms with Crippen LogP contribution in [0.25, 0.3) is 22.0 Å². The number of primary sulfonamides is 1. The van der Waals surface area contributed by atoms with Crippen LogP contribution >= 0.6 is 0 Å². The number of anilines is 1. The molecule has 3 aromatic carbocycles. The number of piperidine rings is 1. The summed E-state index contributed by atoms with van der Waals surface area (Å²) in [7, 11) is -3.97. The molecule has 1 saturated heterocycles. The van der Waals surface area contributed by atoms with Gasteiger partial charge in [-0.15, -0.1) is 0 Å². The van der Waals surface area contributed by atoms with Crippen LogP contribution in [0, 0.1) is 12.7 Å². The fraction of sp³-hybridized carbons (Fsp3) is 0.219. The predicted octanol–water partition coefficient (Wildman–Crippen LogP) is 5.21. The van der Waals surface area contributed by atoms with E-state index in [1.807, 2.05) is 19.1 Å². The first-order chi connectivity index (χ1) is 21.7. The van der Waals surface area contributed by atoms with Crippen LogP contribution in [0.2, 0.25) is 0 Å². The highest BCUT2D eigenvalue weighted by atomic mass is 32.2. The third kappa shape index (κ3) is 5.72. The largest absolute Gasteiger partial charge is 0.447 e. The molecule has 0 amide bonds. The topological polar surface area (TPSA) is 151 Å². The Morgan fingerprint density at radius 1 is 1.02 bits per heavy atom. The van der Waals surface area contributed by atoms with Gasteiger partial charge in [0.05, 0.1) is 21.7 Å². The number of aryl methyl sites for hydroxylation is 1. The van der Waals surface area contributed by atoms with Gasteiger partial charge in [-0.3, -0.25) is 0 Å². The van der Waals surface area contributed by atoms with E-state index in [2.05, 4.69) is 20.6 Å². The third-order valence-corrected chi connectivity index (χ3v) is 8.73. The molecule has 0 bridgehead atoms. The summed E-state index contributed by atoms with van der Waals surface area (Å²) < 4.78 is 57.4. The van der Waals surface area contributed by atoms with Crippen LogP contribution in [0.4, 0.5) is 10.3 Å². The molecule has 13 heteroatoms. The fourth-order valence-electron chi connectivity index (χ4n) is 5.59. The maximum Gasteiger partial charge on any atom is 0.271 e. The predicted molar refractivity (Wildman–Crippen MR) is 165 cm³/mol. The molecule has 45 heavy (non-hydrogen) atoms. The molecule has 11 nitrogen and oxygen atoms in total. The van der Waals surface area contributed by atoms with Gasteiger partial charge in [-0.2, -0.15) is 0 Å². The van der Waals surface area contributed by atoms with Gasteiger partial charge in [-0.05, 0) is 79.7 Å². The standard InChI is InChI=1S/C32H29FN6O5S/c1-18-6-8-21-22(9-10-24(33)28(21)31-42-26-11-7-20(45(34,40)41)16-27(26)43-31)29(18)44-30-23(5-3-14-36-30)25-12-15-37-32(39-25)38-19-4-2-13-35-17-19/h3,5-12,14-16,19,31,35H,2,4,13,17H2,1H3,(H2,34,40,41)(H,37,38,39)/t19-,31?/m0/s1. The van der Waals surface area contributed by atoms with Crippen molar-refractivity contribution in [3.8, 4) is 34.4 Å². The molecule has 0 spiro atoms. The fourth-order valence-corrected chi connectivity index (χ4v) is 6.11. The van der Waals surface area contributed by atoms with Crippen LogP contribution in [-0.2, 0) is 10.0 Å². The maximum atomic E-state index is 15.5. The second-order valence-electron chi connectivity index (χ2n) is 10.9. The first-order valence-electron chi connectivity index (χ1n) is 14.4. The van der Waals surface area contributed by atoms with Gasteiger partial charge >= 0.3 is 0 Å². The molecule has 5 aromatic rings. The van der Waals surface area contributed by atoms with Crippen molar-refractivity contribution in [2.75, 3.05) is 18.4 Å². The smallest absolute Gasteiger partial charge is 0.271 e. The highest BCUT2D eigenvalue weighted by Gasteiger charge is 2.32. The number of sulfonamides is 1. The summed E-state index contributed by atoms with van der Waals surface area (Å²) in [6.45, 7) is 3.74. The van der Waals surface area contributed by atoms with Gasteiger partial charge < -0.3 is 24.8 Å². The number of nitrogens with zero attached hydrogens (tertiary/aromatic N) is 3. The average Bonchev–Trinajstić information content (AvgIpc) is 3.46. The molecule has 1 fully saturated rings. The number of nitrogens with one attached hydrogen (secondary N) is 2. The normalized spacial score (nSPS) is 17.8. The van der Waals surface area contributed by atoms with Crippen LogP contribution in [0.15, 0.2) is 78.0 Å². The van der Waals surface area contributed by atoms with E-state index in [1.165, 1.54) is 24.3 Å². The lowest BCUT2D eigenvalue weighted by molar-refractivity contribution is 0.0468. The van der Waals surface area contributed by atoms with Crippen LogP contribution in [0.5, 0.6) is 23.1 Å². The molecule has 2 aromatic heterocycles. The number of halogens is 1. The molecule has 0 radical (unpaired) electrons. The Balaban J connectivity index is 1.23. The van der Waals surface area contributed by atoms with Crippen LogP contribution in [0.3, 0.4) is 0 Å². The molecule has 2 aliphatic heterocycles. The number of hydrogen-bond donors (Lipinski definition) is 3. The Morgan fingerprint density at radius 2 is 1.87 bits per heavy atom. The molecule has 2 atom stereocenters. The van der Waals surface area contributed by atoms with E-state index >= 15 is 4.39 Å². The summed E-state index contributed by atoms with van der Waals surface area (Å²) >= 11 is 0. The SMILES string of the molecule is Cc1ccc2c(C3Oc4ccc(S(N)(=O)=O)cc4O3)c(F)ccc2c1Oc1ncccc1-c1ccnc(N[C@H]2CCCNC2)n1. The molecule has 230 valence electrons. The quantitative estimate of drug-likeness (QED) is 0.219. The molecule has 1 unspecified atom stereocenters. The Morgan fingerprint density at radius 3 is 2.69 bits per heavy atom. The average molecular weight is 629 g/mol. The summed E-state index contributed by atoms with van der Waals surface area (Å²) in [5.41, 5.74) is 2.22. The molecule has 7 rings (SSSR count). The first-order valence-corrected chi connectivity index (χ1v) is 15.9. The van der Waals surface area contributed by atoms with Crippen molar-refractivity contribution in [1.29, 1.82) is 0 Å². The molecular formula is C32H29FN6O5S. The van der Waals surface area contributed by atoms with E-state index in [-0.39, 0.29) is 28.0 Å². The number of hydrogen-bond acceptors (Lipinski definition) is 10. The minimum Gasteiger partial charge on any atom is -0.447 e. The number of nitrogens with two attached hydrogens (primary N) is 1.